The third-order valence-electron chi connectivity index (χ3n) is 4.40. The van der Waals surface area contributed by atoms with Gasteiger partial charge in [0.1, 0.15) is 5.75 Å². The van der Waals surface area contributed by atoms with Crippen LogP contribution in [0.25, 0.3) is 0 Å². The number of nitrogens with one attached hydrogen (secondary N) is 2. The SMILES string of the molecule is COc1ccc(S(=O)(=O)Nc2ccccc2C(F)(F)F)cc1N1CCNCC1. The van der Waals surface area contributed by atoms with Gasteiger partial charge in [-0.25, -0.2) is 8.42 Å². The summed E-state index contributed by atoms with van der Waals surface area (Å²) in [5.41, 5.74) is -0.986. The van der Waals surface area contributed by atoms with Crippen molar-refractivity contribution in [2.45, 2.75) is 11.1 Å². The minimum absolute atomic E-state index is 0.140. The standard InChI is InChI=1S/C18H20F3N3O3S/c1-27-17-7-6-13(12-16(17)24-10-8-22-9-11-24)28(25,26)23-15-5-3-2-4-14(15)18(19,20)21/h2-7,12,22-23H,8-11H2,1H3. The van der Waals surface area contributed by atoms with Crippen LogP contribution in [0.3, 0.4) is 0 Å². The molecular weight excluding hydrogens is 395 g/mol. The minimum atomic E-state index is -4.68. The maximum absolute atomic E-state index is 13.2. The van der Waals surface area contributed by atoms with Gasteiger partial charge in [-0.2, -0.15) is 13.2 Å². The summed E-state index contributed by atoms with van der Waals surface area (Å²) in [7, 11) is -2.75. The lowest BCUT2D eigenvalue weighted by molar-refractivity contribution is -0.136. The quantitative estimate of drug-likeness (QED) is 0.786. The number of sulfonamides is 1. The van der Waals surface area contributed by atoms with Gasteiger partial charge >= 0.3 is 6.18 Å². The molecule has 1 aliphatic heterocycles. The van der Waals surface area contributed by atoms with Crippen LogP contribution in [0, 0.1) is 0 Å². The number of piperazine rings is 1. The van der Waals surface area contributed by atoms with Crippen molar-refractivity contribution < 1.29 is 26.3 Å². The molecule has 2 aromatic carbocycles. The Hall–Kier alpha value is -2.46. The van der Waals surface area contributed by atoms with E-state index in [1.165, 1.54) is 37.4 Å². The molecule has 0 aromatic heterocycles. The van der Waals surface area contributed by atoms with Crippen molar-refractivity contribution in [2.75, 3.05) is 42.9 Å². The molecule has 152 valence electrons. The Morgan fingerprint density at radius 3 is 2.43 bits per heavy atom. The lowest BCUT2D eigenvalue weighted by Crippen LogP contribution is -2.43. The Bertz CT molecular complexity index is 943. The van der Waals surface area contributed by atoms with Crippen LogP contribution in [0.4, 0.5) is 24.5 Å². The third kappa shape index (κ3) is 4.33. The van der Waals surface area contributed by atoms with Gasteiger partial charge in [0.2, 0.25) is 0 Å². The van der Waals surface area contributed by atoms with Crippen molar-refractivity contribution >= 4 is 21.4 Å². The number of methoxy groups -OCH3 is 1. The van der Waals surface area contributed by atoms with Gasteiger partial charge in [0.25, 0.3) is 10.0 Å². The highest BCUT2D eigenvalue weighted by atomic mass is 32.2. The van der Waals surface area contributed by atoms with Gasteiger partial charge in [-0.05, 0) is 30.3 Å². The van der Waals surface area contributed by atoms with Crippen molar-refractivity contribution in [3.8, 4) is 5.75 Å². The van der Waals surface area contributed by atoms with Crippen LogP contribution in [0.5, 0.6) is 5.75 Å². The van der Waals surface area contributed by atoms with Gasteiger partial charge in [-0.3, -0.25) is 4.72 Å². The molecule has 3 rings (SSSR count). The number of halogens is 3. The Labute approximate surface area is 161 Å². The summed E-state index contributed by atoms with van der Waals surface area (Å²) < 4.78 is 72.4. The average molecular weight is 415 g/mol. The molecule has 1 fully saturated rings. The Kier molecular flexibility index (Phi) is 5.71. The number of alkyl halides is 3. The summed E-state index contributed by atoms with van der Waals surface area (Å²) in [5.74, 6) is 0.497. The second-order valence-corrected chi connectivity index (χ2v) is 7.90. The first-order valence-electron chi connectivity index (χ1n) is 8.55. The lowest BCUT2D eigenvalue weighted by atomic mass is 10.2. The van der Waals surface area contributed by atoms with Crippen molar-refractivity contribution in [1.82, 2.24) is 5.32 Å². The van der Waals surface area contributed by atoms with Crippen LogP contribution in [0.2, 0.25) is 0 Å². The summed E-state index contributed by atoms with van der Waals surface area (Å²) in [6.07, 6.45) is -4.68. The van der Waals surface area contributed by atoms with Crippen molar-refractivity contribution in [1.29, 1.82) is 0 Å². The van der Waals surface area contributed by atoms with Gasteiger partial charge in [0.15, 0.2) is 0 Å². The first kappa shape index (κ1) is 20.3. The van der Waals surface area contributed by atoms with Crippen LogP contribution in [-0.2, 0) is 16.2 Å². The van der Waals surface area contributed by atoms with Gasteiger partial charge in [0, 0.05) is 26.2 Å². The fourth-order valence-corrected chi connectivity index (χ4v) is 4.11. The molecule has 2 aromatic rings. The van der Waals surface area contributed by atoms with Gasteiger partial charge in [-0.1, -0.05) is 12.1 Å². The maximum atomic E-state index is 13.2. The smallest absolute Gasteiger partial charge is 0.418 e. The van der Waals surface area contributed by atoms with Crippen molar-refractivity contribution in [3.05, 3.63) is 48.0 Å². The van der Waals surface area contributed by atoms with Crippen molar-refractivity contribution in [2.24, 2.45) is 0 Å². The zero-order valence-electron chi connectivity index (χ0n) is 15.1. The molecule has 0 spiro atoms. The first-order chi connectivity index (χ1) is 13.2. The van der Waals surface area contributed by atoms with E-state index in [4.69, 9.17) is 4.74 Å². The molecule has 28 heavy (non-hydrogen) atoms. The minimum Gasteiger partial charge on any atom is -0.495 e. The molecule has 10 heteroatoms. The maximum Gasteiger partial charge on any atom is 0.418 e. The fourth-order valence-electron chi connectivity index (χ4n) is 3.01. The van der Waals surface area contributed by atoms with E-state index < -0.39 is 27.5 Å². The van der Waals surface area contributed by atoms with E-state index in [2.05, 4.69) is 10.0 Å². The fraction of sp³-hybridized carbons (Fsp3) is 0.333. The van der Waals surface area contributed by atoms with Crippen LogP contribution in [0.1, 0.15) is 5.56 Å². The molecule has 0 saturated carbocycles. The zero-order valence-corrected chi connectivity index (χ0v) is 15.9. The number of benzene rings is 2. The molecule has 0 atom stereocenters. The summed E-state index contributed by atoms with van der Waals surface area (Å²) in [6.45, 7) is 2.78. The summed E-state index contributed by atoms with van der Waals surface area (Å²) in [4.78, 5) is 1.83. The average Bonchev–Trinajstić information content (AvgIpc) is 2.67. The largest absolute Gasteiger partial charge is 0.495 e. The van der Waals surface area contributed by atoms with Crippen molar-refractivity contribution in [3.63, 3.8) is 0 Å². The van der Waals surface area contributed by atoms with Crippen LogP contribution in [-0.4, -0.2) is 41.7 Å². The highest BCUT2D eigenvalue weighted by Crippen LogP contribution is 2.36. The number of hydrogen-bond acceptors (Lipinski definition) is 5. The molecule has 0 amide bonds. The lowest BCUT2D eigenvalue weighted by Gasteiger charge is -2.30. The van der Waals surface area contributed by atoms with E-state index in [1.54, 1.807) is 0 Å². The van der Waals surface area contributed by atoms with E-state index in [-0.39, 0.29) is 4.90 Å². The second-order valence-electron chi connectivity index (χ2n) is 6.22. The van der Waals surface area contributed by atoms with Gasteiger partial charge < -0.3 is 15.0 Å². The molecule has 0 radical (unpaired) electrons. The molecule has 1 aliphatic rings. The molecule has 0 unspecified atom stereocenters. The highest BCUT2D eigenvalue weighted by molar-refractivity contribution is 7.92. The summed E-state index contributed by atoms with van der Waals surface area (Å²) in [6, 6.07) is 8.69. The summed E-state index contributed by atoms with van der Waals surface area (Å²) in [5, 5.41) is 3.20. The normalized spacial score (nSPS) is 15.4. The number of anilines is 2. The van der Waals surface area contributed by atoms with E-state index in [9.17, 15) is 21.6 Å². The zero-order chi connectivity index (χ0) is 20.4. The molecule has 0 aliphatic carbocycles. The summed E-state index contributed by atoms with van der Waals surface area (Å²) >= 11 is 0. The van der Waals surface area contributed by atoms with Gasteiger partial charge in [-0.15, -0.1) is 0 Å². The molecule has 1 saturated heterocycles. The first-order valence-corrected chi connectivity index (χ1v) is 10.0. The highest BCUT2D eigenvalue weighted by Gasteiger charge is 2.34. The van der Waals surface area contributed by atoms with Crippen LogP contribution >= 0.6 is 0 Å². The Morgan fingerprint density at radius 1 is 1.11 bits per heavy atom. The van der Waals surface area contributed by atoms with E-state index in [0.29, 0.717) is 24.5 Å². The molecular formula is C18H20F3N3O3S. The Morgan fingerprint density at radius 2 is 1.79 bits per heavy atom. The molecule has 1 heterocycles. The second kappa shape index (κ2) is 7.88. The number of rotatable bonds is 5. The molecule has 6 nitrogen and oxygen atoms in total. The number of nitrogens with zero attached hydrogens (tertiary/aromatic N) is 1. The topological polar surface area (TPSA) is 70.7 Å². The van der Waals surface area contributed by atoms with Crippen LogP contribution in [0.15, 0.2) is 47.4 Å². The molecule has 0 bridgehead atoms. The monoisotopic (exact) mass is 415 g/mol. The van der Waals surface area contributed by atoms with E-state index >= 15 is 0 Å². The van der Waals surface area contributed by atoms with Crippen LogP contribution < -0.4 is 19.7 Å². The predicted octanol–water partition coefficient (Wildman–Crippen LogP) is 2.92. The van der Waals surface area contributed by atoms with E-state index in [1.807, 2.05) is 4.90 Å². The Balaban J connectivity index is 1.97. The number of para-hydroxylation sites is 1. The molecule has 2 N–H and O–H groups in total. The van der Waals surface area contributed by atoms with Gasteiger partial charge in [0.05, 0.1) is 28.9 Å². The van der Waals surface area contributed by atoms with E-state index in [0.717, 1.165) is 25.2 Å². The number of ether oxygens (including phenoxy) is 1. The number of hydrogen-bond donors (Lipinski definition) is 2. The third-order valence-corrected chi connectivity index (χ3v) is 5.76. The predicted molar refractivity (Wildman–Crippen MR) is 100 cm³/mol.